The third-order valence-corrected chi connectivity index (χ3v) is 8.16. The number of carboxylic acids is 1. The third-order valence-electron chi connectivity index (χ3n) is 8.16. The summed E-state index contributed by atoms with van der Waals surface area (Å²) >= 11 is 0. The standard InChI is InChI=1S/C32H34BNO7/c1-31(2)32(3,4)41-33(40-31)22(16-20-14-15-21(29(35)36)17-28(20)38-5)18-34-30(37)39-19-27-25-12-8-6-10-23(25)24-11-7-9-13-26(24)27/h6-17,27H,18-19H2,1-5H3,(H,34,37)(H,35,36). The van der Waals surface area contributed by atoms with Gasteiger partial charge in [-0.1, -0.05) is 60.7 Å². The van der Waals surface area contributed by atoms with Crippen molar-refractivity contribution < 1.29 is 33.5 Å². The monoisotopic (exact) mass is 555 g/mol. The fraction of sp³-hybridized carbons (Fsp3) is 0.312. The number of carboxylic acid groups (broad SMARTS) is 1. The Balaban J connectivity index is 1.34. The lowest BCUT2D eigenvalue weighted by atomic mass is 9.77. The summed E-state index contributed by atoms with van der Waals surface area (Å²) in [6.07, 6.45) is 1.22. The van der Waals surface area contributed by atoms with Crippen molar-refractivity contribution in [2.45, 2.75) is 44.8 Å². The number of fused-ring (bicyclic) bond motifs is 3. The molecular formula is C32H34BNO7. The average molecular weight is 555 g/mol. The van der Waals surface area contributed by atoms with E-state index >= 15 is 0 Å². The molecule has 3 aromatic rings. The number of alkyl carbamates (subject to hydrolysis) is 1. The van der Waals surface area contributed by atoms with E-state index in [2.05, 4.69) is 29.6 Å². The number of hydrogen-bond donors (Lipinski definition) is 2. The van der Waals surface area contributed by atoms with Crippen molar-refractivity contribution in [3.05, 3.63) is 94.5 Å². The molecule has 1 aliphatic carbocycles. The molecule has 9 heteroatoms. The van der Waals surface area contributed by atoms with Crippen molar-refractivity contribution >= 4 is 25.3 Å². The van der Waals surface area contributed by atoms with Gasteiger partial charge < -0.3 is 29.2 Å². The minimum absolute atomic E-state index is 0.0525. The molecule has 1 saturated heterocycles. The molecule has 1 aliphatic heterocycles. The highest BCUT2D eigenvalue weighted by Crippen LogP contribution is 2.44. The molecule has 0 saturated carbocycles. The van der Waals surface area contributed by atoms with Crippen LogP contribution in [0.4, 0.5) is 4.79 Å². The molecule has 0 aromatic heterocycles. The van der Waals surface area contributed by atoms with Gasteiger partial charge in [0.2, 0.25) is 0 Å². The zero-order chi connectivity index (χ0) is 29.4. The molecule has 1 fully saturated rings. The van der Waals surface area contributed by atoms with Crippen molar-refractivity contribution in [2.24, 2.45) is 0 Å². The second-order valence-corrected chi connectivity index (χ2v) is 11.2. The Morgan fingerprint density at radius 2 is 1.54 bits per heavy atom. The summed E-state index contributed by atoms with van der Waals surface area (Å²) in [4.78, 5) is 24.4. The highest BCUT2D eigenvalue weighted by molar-refractivity contribution is 6.56. The Morgan fingerprint density at radius 1 is 0.951 bits per heavy atom. The van der Waals surface area contributed by atoms with Crippen molar-refractivity contribution in [1.82, 2.24) is 5.32 Å². The first kappa shape index (κ1) is 28.5. The lowest BCUT2D eigenvalue weighted by molar-refractivity contribution is 0.00578. The van der Waals surface area contributed by atoms with Gasteiger partial charge in [0, 0.05) is 18.0 Å². The van der Waals surface area contributed by atoms with E-state index < -0.39 is 30.4 Å². The highest BCUT2D eigenvalue weighted by atomic mass is 16.7. The predicted octanol–water partition coefficient (Wildman–Crippen LogP) is 5.95. The van der Waals surface area contributed by atoms with Gasteiger partial charge in [0.25, 0.3) is 0 Å². The van der Waals surface area contributed by atoms with Crippen LogP contribution >= 0.6 is 0 Å². The van der Waals surface area contributed by atoms with Gasteiger partial charge in [0.05, 0.1) is 23.9 Å². The van der Waals surface area contributed by atoms with Crippen LogP contribution in [0.3, 0.4) is 0 Å². The molecule has 2 aliphatic rings. The van der Waals surface area contributed by atoms with E-state index in [4.69, 9.17) is 18.8 Å². The number of amides is 1. The Kier molecular flexibility index (Phi) is 7.68. The van der Waals surface area contributed by atoms with Gasteiger partial charge in [-0.25, -0.2) is 9.59 Å². The van der Waals surface area contributed by atoms with E-state index in [1.54, 1.807) is 12.1 Å². The quantitative estimate of drug-likeness (QED) is 0.331. The maximum atomic E-state index is 13.0. The Bertz CT molecular complexity index is 1450. The summed E-state index contributed by atoms with van der Waals surface area (Å²) in [6.45, 7) is 8.08. The van der Waals surface area contributed by atoms with Gasteiger partial charge in [0.15, 0.2) is 0 Å². The molecule has 0 unspecified atom stereocenters. The zero-order valence-corrected chi connectivity index (χ0v) is 23.9. The molecule has 3 aromatic carbocycles. The number of carbonyl (C=O) groups excluding carboxylic acids is 1. The Hall–Kier alpha value is -4.08. The zero-order valence-electron chi connectivity index (χ0n) is 23.9. The normalized spacial score (nSPS) is 17.1. The number of hydrogen-bond acceptors (Lipinski definition) is 6. The van der Waals surface area contributed by atoms with Crippen LogP contribution in [0.25, 0.3) is 17.2 Å². The van der Waals surface area contributed by atoms with Crippen LogP contribution in [0.5, 0.6) is 5.75 Å². The molecule has 1 amide bonds. The van der Waals surface area contributed by atoms with Gasteiger partial charge in [0.1, 0.15) is 12.4 Å². The number of benzene rings is 3. The summed E-state index contributed by atoms with van der Waals surface area (Å²) in [5.41, 5.74) is 4.74. The van der Waals surface area contributed by atoms with Gasteiger partial charge in [-0.2, -0.15) is 0 Å². The van der Waals surface area contributed by atoms with E-state index in [1.807, 2.05) is 52.0 Å². The predicted molar refractivity (Wildman–Crippen MR) is 157 cm³/mol. The number of rotatable bonds is 8. The highest BCUT2D eigenvalue weighted by Gasteiger charge is 2.52. The molecule has 2 N–H and O–H groups in total. The van der Waals surface area contributed by atoms with Crippen molar-refractivity contribution in [2.75, 3.05) is 20.3 Å². The molecule has 0 bridgehead atoms. The van der Waals surface area contributed by atoms with Crippen LogP contribution in [-0.2, 0) is 14.0 Å². The van der Waals surface area contributed by atoms with Gasteiger partial charge in [-0.3, -0.25) is 0 Å². The topological polar surface area (TPSA) is 103 Å². The molecule has 0 radical (unpaired) electrons. The van der Waals surface area contributed by atoms with E-state index in [9.17, 15) is 14.7 Å². The largest absolute Gasteiger partial charge is 0.496 e. The number of ether oxygens (including phenoxy) is 2. The van der Waals surface area contributed by atoms with Gasteiger partial charge >= 0.3 is 19.2 Å². The first-order valence-electron chi connectivity index (χ1n) is 13.6. The fourth-order valence-corrected chi connectivity index (χ4v) is 5.18. The summed E-state index contributed by atoms with van der Waals surface area (Å²) in [6, 6.07) is 21.0. The summed E-state index contributed by atoms with van der Waals surface area (Å²) in [5, 5.41) is 12.2. The Labute approximate surface area is 240 Å². The number of aromatic carboxylic acids is 1. The van der Waals surface area contributed by atoms with Crippen LogP contribution in [0, 0.1) is 0 Å². The lowest BCUT2D eigenvalue weighted by Crippen LogP contribution is -2.41. The van der Waals surface area contributed by atoms with Gasteiger partial charge in [-0.15, -0.1) is 0 Å². The first-order chi connectivity index (χ1) is 19.5. The van der Waals surface area contributed by atoms with E-state index in [-0.39, 0.29) is 24.6 Å². The molecule has 5 rings (SSSR count). The summed E-state index contributed by atoms with van der Waals surface area (Å²) in [7, 11) is 0.722. The van der Waals surface area contributed by atoms with Gasteiger partial charge in [-0.05, 0) is 67.6 Å². The first-order valence-corrected chi connectivity index (χ1v) is 13.6. The third kappa shape index (κ3) is 5.60. The number of methoxy groups -OCH3 is 1. The van der Waals surface area contributed by atoms with Crippen molar-refractivity contribution in [1.29, 1.82) is 0 Å². The van der Waals surface area contributed by atoms with Crippen molar-refractivity contribution in [3.63, 3.8) is 0 Å². The maximum Gasteiger partial charge on any atom is 0.492 e. The minimum atomic E-state index is -1.05. The van der Waals surface area contributed by atoms with Crippen LogP contribution in [0.15, 0.2) is 72.2 Å². The van der Waals surface area contributed by atoms with E-state index in [0.29, 0.717) is 16.8 Å². The smallest absolute Gasteiger partial charge is 0.492 e. The summed E-state index contributed by atoms with van der Waals surface area (Å²) < 4.78 is 23.7. The van der Waals surface area contributed by atoms with Crippen LogP contribution < -0.4 is 10.1 Å². The molecule has 8 nitrogen and oxygen atoms in total. The second kappa shape index (κ2) is 11.1. The molecule has 0 atom stereocenters. The van der Waals surface area contributed by atoms with Crippen LogP contribution in [-0.4, -0.2) is 55.8 Å². The Morgan fingerprint density at radius 3 is 2.10 bits per heavy atom. The molecule has 1 heterocycles. The average Bonchev–Trinajstić information content (AvgIpc) is 3.38. The number of carbonyl (C=O) groups is 2. The van der Waals surface area contributed by atoms with Crippen LogP contribution in [0.1, 0.15) is 60.7 Å². The molecule has 0 spiro atoms. The molecule has 212 valence electrons. The molecule has 41 heavy (non-hydrogen) atoms. The SMILES string of the molecule is COc1cc(C(=O)O)ccc1C=C(CNC(=O)OCC1c2ccccc2-c2ccccc21)B1OC(C)(C)C(C)(C)O1. The number of nitrogens with one attached hydrogen (secondary N) is 1. The molecular weight excluding hydrogens is 521 g/mol. The van der Waals surface area contributed by atoms with Crippen LogP contribution in [0.2, 0.25) is 0 Å². The van der Waals surface area contributed by atoms with E-state index in [0.717, 1.165) is 22.3 Å². The summed E-state index contributed by atoms with van der Waals surface area (Å²) in [5.74, 6) is -0.731. The van der Waals surface area contributed by atoms with Crippen molar-refractivity contribution in [3.8, 4) is 16.9 Å². The fourth-order valence-electron chi connectivity index (χ4n) is 5.18. The minimum Gasteiger partial charge on any atom is -0.496 e. The lowest BCUT2D eigenvalue weighted by Gasteiger charge is -2.32. The second-order valence-electron chi connectivity index (χ2n) is 11.2. The maximum absolute atomic E-state index is 13.0. The van der Waals surface area contributed by atoms with E-state index in [1.165, 1.54) is 19.2 Å².